The van der Waals surface area contributed by atoms with Gasteiger partial charge < -0.3 is 14.1 Å². The lowest BCUT2D eigenvalue weighted by atomic mass is 9.94. The van der Waals surface area contributed by atoms with E-state index >= 15 is 0 Å². The highest BCUT2D eigenvalue weighted by molar-refractivity contribution is 6.46. The normalized spacial score (nSPS) is 12.5. The number of hydrogen-bond acceptors (Lipinski definition) is 7. The van der Waals surface area contributed by atoms with Crippen LogP contribution >= 0.6 is 0 Å². The van der Waals surface area contributed by atoms with Crippen molar-refractivity contribution in [2.75, 3.05) is 7.11 Å². The van der Waals surface area contributed by atoms with Gasteiger partial charge in [-0.2, -0.15) is 0 Å². The summed E-state index contributed by atoms with van der Waals surface area (Å²) in [6.45, 7) is 8.43. The quantitative estimate of drug-likeness (QED) is 0.0865. The smallest absolute Gasteiger partial charge is 0.334 e. The minimum absolute atomic E-state index is 0.0542. The van der Waals surface area contributed by atoms with Gasteiger partial charge >= 0.3 is 11.9 Å². The van der Waals surface area contributed by atoms with E-state index in [0.717, 1.165) is 41.2 Å². The van der Waals surface area contributed by atoms with E-state index in [-0.39, 0.29) is 42.5 Å². The summed E-state index contributed by atoms with van der Waals surface area (Å²) in [6.07, 6.45) is 2.46. The largest absolute Gasteiger partial charge is 0.469 e. The van der Waals surface area contributed by atoms with Crippen molar-refractivity contribution in [3.8, 4) is 0 Å². The van der Waals surface area contributed by atoms with E-state index in [1.807, 2.05) is 31.2 Å². The van der Waals surface area contributed by atoms with Crippen molar-refractivity contribution in [3.05, 3.63) is 47.5 Å². The summed E-state index contributed by atoms with van der Waals surface area (Å²) in [6, 6.07) is 11.2. The first-order chi connectivity index (χ1) is 18.2. The van der Waals surface area contributed by atoms with Gasteiger partial charge in [0.05, 0.1) is 7.11 Å². The van der Waals surface area contributed by atoms with Gasteiger partial charge in [0, 0.05) is 58.2 Å². The summed E-state index contributed by atoms with van der Waals surface area (Å²) < 4.78 is 6.82. The molecule has 0 amide bonds. The predicted molar refractivity (Wildman–Crippen MR) is 148 cm³/mol. The van der Waals surface area contributed by atoms with E-state index in [9.17, 15) is 19.2 Å². The Hall–Kier alpha value is -3.81. The Bertz CT molecular complexity index is 1380. The molecule has 3 rings (SSSR count). The van der Waals surface area contributed by atoms with Gasteiger partial charge in [0.1, 0.15) is 5.71 Å². The van der Waals surface area contributed by atoms with Crippen molar-refractivity contribution in [2.24, 2.45) is 11.1 Å². The summed E-state index contributed by atoms with van der Waals surface area (Å²) in [5.41, 5.74) is 3.02. The Balaban J connectivity index is 2.05. The number of ketones is 2. The SMILES string of the molecule is CCCC(C)C(=O)c1ccc2c(c1)c1cc(C(=O)/C(CCCC(=O)OC)=N\OC(=O)CC)ccc1n2CC. The number of oxime groups is 1. The van der Waals surface area contributed by atoms with Crippen LogP contribution in [0.1, 0.15) is 86.9 Å². The Morgan fingerprint density at radius 1 is 0.895 bits per heavy atom. The number of methoxy groups -OCH3 is 1. The molecule has 0 aliphatic rings. The van der Waals surface area contributed by atoms with Crippen molar-refractivity contribution in [1.29, 1.82) is 0 Å². The first-order valence-electron chi connectivity index (χ1n) is 13.2. The number of benzene rings is 2. The zero-order valence-corrected chi connectivity index (χ0v) is 22.8. The molecule has 1 unspecified atom stereocenters. The van der Waals surface area contributed by atoms with Crippen LogP contribution in [0.4, 0.5) is 0 Å². The average Bonchev–Trinajstić information content (AvgIpc) is 3.25. The lowest BCUT2D eigenvalue weighted by Gasteiger charge is -2.09. The molecule has 0 fully saturated rings. The van der Waals surface area contributed by atoms with Gasteiger partial charge in [-0.25, -0.2) is 4.79 Å². The monoisotopic (exact) mass is 520 g/mol. The number of hydrogen-bond donors (Lipinski definition) is 0. The van der Waals surface area contributed by atoms with Crippen LogP contribution in [0.3, 0.4) is 0 Å². The van der Waals surface area contributed by atoms with Crippen molar-refractivity contribution in [3.63, 3.8) is 0 Å². The zero-order valence-electron chi connectivity index (χ0n) is 22.8. The van der Waals surface area contributed by atoms with E-state index in [2.05, 4.69) is 28.3 Å². The molecule has 0 saturated heterocycles. The van der Waals surface area contributed by atoms with Gasteiger partial charge in [0.15, 0.2) is 5.78 Å². The average molecular weight is 521 g/mol. The molecule has 1 heterocycles. The number of ether oxygens (including phenoxy) is 1. The molecular formula is C30H36N2O6. The van der Waals surface area contributed by atoms with Crippen molar-refractivity contribution in [2.45, 2.75) is 72.8 Å². The molecule has 202 valence electrons. The number of esters is 1. The standard InChI is InChI=1S/C30H36N2O6/c1-6-10-19(4)29(35)20-13-15-25-22(17-20)23-18-21(14-16-26(23)32(25)8-3)30(36)24(31-38-27(33)7-2)11-9-12-28(34)37-5/h13-19H,6-12H2,1-5H3/b31-24-. The fraction of sp³-hybridized carbons (Fsp3) is 0.433. The van der Waals surface area contributed by atoms with Crippen LogP contribution in [0.15, 0.2) is 41.6 Å². The number of rotatable bonds is 13. The molecule has 8 nitrogen and oxygen atoms in total. The van der Waals surface area contributed by atoms with Crippen LogP contribution < -0.4 is 0 Å². The van der Waals surface area contributed by atoms with Crippen LogP contribution in [0.25, 0.3) is 21.8 Å². The van der Waals surface area contributed by atoms with Crippen molar-refractivity contribution in [1.82, 2.24) is 4.57 Å². The Morgan fingerprint density at radius 3 is 2.11 bits per heavy atom. The number of aromatic nitrogens is 1. The predicted octanol–water partition coefficient (Wildman–Crippen LogP) is 6.27. The highest BCUT2D eigenvalue weighted by atomic mass is 16.7. The summed E-state index contributed by atoms with van der Waals surface area (Å²) in [5, 5.41) is 5.59. The lowest BCUT2D eigenvalue weighted by molar-refractivity contribution is -0.143. The molecular weight excluding hydrogens is 484 g/mol. The molecule has 0 aliphatic heterocycles. The van der Waals surface area contributed by atoms with Crippen LogP contribution in [0, 0.1) is 5.92 Å². The van der Waals surface area contributed by atoms with Crippen LogP contribution in [-0.4, -0.2) is 40.9 Å². The van der Waals surface area contributed by atoms with Crippen LogP contribution in [-0.2, 0) is 25.7 Å². The topological polar surface area (TPSA) is 104 Å². The lowest BCUT2D eigenvalue weighted by Crippen LogP contribution is -2.17. The van der Waals surface area contributed by atoms with E-state index in [4.69, 9.17) is 4.84 Å². The summed E-state index contributed by atoms with van der Waals surface area (Å²) >= 11 is 0. The van der Waals surface area contributed by atoms with E-state index < -0.39 is 11.9 Å². The Morgan fingerprint density at radius 2 is 1.53 bits per heavy atom. The molecule has 38 heavy (non-hydrogen) atoms. The van der Waals surface area contributed by atoms with Gasteiger partial charge in [-0.1, -0.05) is 32.3 Å². The summed E-state index contributed by atoms with van der Waals surface area (Å²) in [5.74, 6) is -1.30. The molecule has 0 spiro atoms. The maximum atomic E-state index is 13.5. The minimum atomic E-state index is -0.556. The fourth-order valence-electron chi connectivity index (χ4n) is 4.63. The first kappa shape index (κ1) is 28.8. The second kappa shape index (κ2) is 13.1. The van der Waals surface area contributed by atoms with E-state index in [1.54, 1.807) is 19.1 Å². The molecule has 1 atom stereocenters. The number of nitrogens with zero attached hydrogens (tertiary/aromatic N) is 2. The van der Waals surface area contributed by atoms with Gasteiger partial charge in [-0.05, 0) is 62.6 Å². The number of carbonyl (C=O) groups excluding carboxylic acids is 4. The molecule has 0 saturated carbocycles. The molecule has 3 aromatic rings. The second-order valence-corrected chi connectivity index (χ2v) is 9.38. The molecule has 0 aliphatic carbocycles. The minimum Gasteiger partial charge on any atom is -0.469 e. The van der Waals surface area contributed by atoms with Gasteiger partial charge in [-0.15, -0.1) is 0 Å². The van der Waals surface area contributed by atoms with E-state index in [0.29, 0.717) is 17.5 Å². The molecule has 0 N–H and O–H groups in total. The maximum absolute atomic E-state index is 13.5. The molecule has 0 bridgehead atoms. The summed E-state index contributed by atoms with van der Waals surface area (Å²) in [7, 11) is 1.30. The van der Waals surface area contributed by atoms with Crippen LogP contribution in [0.2, 0.25) is 0 Å². The highest BCUT2D eigenvalue weighted by Crippen LogP contribution is 2.32. The molecule has 2 aromatic carbocycles. The van der Waals surface area contributed by atoms with Crippen molar-refractivity contribution >= 4 is 51.0 Å². The maximum Gasteiger partial charge on any atom is 0.334 e. The Kier molecular flexibility index (Phi) is 9.93. The first-order valence-corrected chi connectivity index (χ1v) is 13.2. The van der Waals surface area contributed by atoms with Gasteiger partial charge in [0.2, 0.25) is 5.78 Å². The summed E-state index contributed by atoms with van der Waals surface area (Å²) in [4.78, 5) is 54.7. The number of aryl methyl sites for hydroxylation is 1. The second-order valence-electron chi connectivity index (χ2n) is 9.38. The third-order valence-electron chi connectivity index (χ3n) is 6.73. The fourth-order valence-corrected chi connectivity index (χ4v) is 4.63. The zero-order chi connectivity index (χ0) is 27.8. The third-order valence-corrected chi connectivity index (χ3v) is 6.73. The molecule has 0 radical (unpaired) electrons. The Labute approximate surface area is 223 Å². The third kappa shape index (κ3) is 6.36. The van der Waals surface area contributed by atoms with Gasteiger partial charge in [0.25, 0.3) is 0 Å². The van der Waals surface area contributed by atoms with Crippen LogP contribution in [0.5, 0.6) is 0 Å². The van der Waals surface area contributed by atoms with E-state index in [1.165, 1.54) is 7.11 Å². The number of carbonyl (C=O) groups is 4. The number of fused-ring (bicyclic) bond motifs is 3. The van der Waals surface area contributed by atoms with Crippen molar-refractivity contribution < 1.29 is 28.8 Å². The molecule has 1 aromatic heterocycles. The number of Topliss-reactive ketones (excluding diaryl/α,β-unsaturated/α-hetero) is 2. The van der Waals surface area contributed by atoms with Gasteiger partial charge in [-0.3, -0.25) is 14.4 Å². The molecule has 8 heteroatoms. The highest BCUT2D eigenvalue weighted by Gasteiger charge is 2.21.